The molecule has 1 amide bonds. The van der Waals surface area contributed by atoms with Crippen LogP contribution in [0.4, 0.5) is 0 Å². The average molecular weight is 363 g/mol. The third-order valence-corrected chi connectivity index (χ3v) is 5.89. The molecule has 3 nitrogen and oxygen atoms in total. The van der Waals surface area contributed by atoms with E-state index in [0.717, 1.165) is 28.8 Å². The van der Waals surface area contributed by atoms with Crippen LogP contribution in [0.15, 0.2) is 27.9 Å². The van der Waals surface area contributed by atoms with Crippen molar-refractivity contribution < 1.29 is 4.79 Å². The van der Waals surface area contributed by atoms with E-state index in [2.05, 4.69) is 56.2 Å². The van der Waals surface area contributed by atoms with Gasteiger partial charge in [-0.25, -0.2) is 4.98 Å². The predicted molar refractivity (Wildman–Crippen MR) is 104 cm³/mol. The highest BCUT2D eigenvalue weighted by Crippen LogP contribution is 2.27. The number of nitrogens with one attached hydrogen (secondary N) is 1. The van der Waals surface area contributed by atoms with Gasteiger partial charge in [0.05, 0.1) is 12.1 Å². The summed E-state index contributed by atoms with van der Waals surface area (Å²) >= 11 is 3.36. The first-order chi connectivity index (χ1) is 11.4. The lowest BCUT2D eigenvalue weighted by atomic mass is 10.1. The molecular weight excluding hydrogens is 336 g/mol. The molecular formula is C19H26N2OS2. The maximum absolute atomic E-state index is 11.9. The molecule has 0 saturated carbocycles. The second kappa shape index (κ2) is 9.23. The smallest absolute Gasteiger partial charge is 0.226 e. The van der Waals surface area contributed by atoms with Crippen LogP contribution < -0.4 is 5.32 Å². The number of thioether (sulfide) groups is 1. The SMILES string of the molecule is Cc1ccc(C)c(CSc2nc(CC(=O)NCCC(C)C)cs2)c1. The van der Waals surface area contributed by atoms with Gasteiger partial charge >= 0.3 is 0 Å². The minimum Gasteiger partial charge on any atom is -0.356 e. The minimum atomic E-state index is 0.0621. The van der Waals surface area contributed by atoms with E-state index in [1.165, 1.54) is 16.7 Å². The zero-order valence-electron chi connectivity index (χ0n) is 14.9. The van der Waals surface area contributed by atoms with Gasteiger partial charge in [-0.15, -0.1) is 11.3 Å². The zero-order valence-corrected chi connectivity index (χ0v) is 16.5. The Balaban J connectivity index is 1.82. The fraction of sp³-hybridized carbons (Fsp3) is 0.474. The van der Waals surface area contributed by atoms with E-state index in [9.17, 15) is 4.79 Å². The lowest BCUT2D eigenvalue weighted by Gasteiger charge is -2.06. The van der Waals surface area contributed by atoms with Crippen molar-refractivity contribution in [2.24, 2.45) is 5.92 Å². The van der Waals surface area contributed by atoms with E-state index in [1.807, 2.05) is 5.38 Å². The van der Waals surface area contributed by atoms with Crippen LogP contribution in [0.2, 0.25) is 0 Å². The number of carbonyl (C=O) groups is 1. The number of hydrogen-bond acceptors (Lipinski definition) is 4. The maximum Gasteiger partial charge on any atom is 0.226 e. The summed E-state index contributed by atoms with van der Waals surface area (Å²) in [7, 11) is 0. The third-order valence-electron chi connectivity index (χ3n) is 3.77. The molecule has 0 fully saturated rings. The summed E-state index contributed by atoms with van der Waals surface area (Å²) in [6, 6.07) is 6.54. The molecule has 1 heterocycles. The first kappa shape index (κ1) is 19.0. The van der Waals surface area contributed by atoms with E-state index in [0.29, 0.717) is 12.3 Å². The number of aryl methyl sites for hydroxylation is 2. The average Bonchev–Trinajstić information content (AvgIpc) is 2.95. The van der Waals surface area contributed by atoms with Gasteiger partial charge in [-0.2, -0.15) is 0 Å². The summed E-state index contributed by atoms with van der Waals surface area (Å²) < 4.78 is 1.03. The lowest BCUT2D eigenvalue weighted by Crippen LogP contribution is -2.26. The highest BCUT2D eigenvalue weighted by molar-refractivity contribution is 8.00. The van der Waals surface area contributed by atoms with Crippen molar-refractivity contribution in [2.75, 3.05) is 6.54 Å². The fourth-order valence-electron chi connectivity index (χ4n) is 2.26. The molecule has 0 atom stereocenters. The molecule has 0 saturated heterocycles. The van der Waals surface area contributed by atoms with E-state index in [1.54, 1.807) is 23.1 Å². The van der Waals surface area contributed by atoms with Gasteiger partial charge < -0.3 is 5.32 Å². The minimum absolute atomic E-state index is 0.0621. The Bertz CT molecular complexity index is 680. The van der Waals surface area contributed by atoms with E-state index >= 15 is 0 Å². The molecule has 2 aromatic rings. The predicted octanol–water partition coefficient (Wildman–Crippen LogP) is 4.76. The number of amides is 1. The quantitative estimate of drug-likeness (QED) is 0.689. The normalized spacial score (nSPS) is 11.0. The number of benzene rings is 1. The van der Waals surface area contributed by atoms with Crippen LogP contribution in [0.3, 0.4) is 0 Å². The van der Waals surface area contributed by atoms with Gasteiger partial charge in [-0.1, -0.05) is 49.4 Å². The molecule has 1 aromatic heterocycles. The van der Waals surface area contributed by atoms with Gasteiger partial charge in [-0.05, 0) is 37.3 Å². The van der Waals surface area contributed by atoms with Crippen LogP contribution in [-0.4, -0.2) is 17.4 Å². The number of nitrogens with zero attached hydrogens (tertiary/aromatic N) is 1. The lowest BCUT2D eigenvalue weighted by molar-refractivity contribution is -0.120. The Kier molecular flexibility index (Phi) is 7.31. The molecule has 0 aliphatic rings. The summed E-state index contributed by atoms with van der Waals surface area (Å²) in [5, 5.41) is 4.96. The molecule has 2 rings (SSSR count). The Morgan fingerprint density at radius 1 is 1.33 bits per heavy atom. The summed E-state index contributed by atoms with van der Waals surface area (Å²) in [6.45, 7) is 9.32. The molecule has 0 aliphatic heterocycles. The van der Waals surface area contributed by atoms with Crippen molar-refractivity contribution in [2.45, 2.75) is 50.6 Å². The Morgan fingerprint density at radius 3 is 2.88 bits per heavy atom. The Morgan fingerprint density at radius 2 is 2.12 bits per heavy atom. The van der Waals surface area contributed by atoms with Crippen molar-refractivity contribution >= 4 is 29.0 Å². The van der Waals surface area contributed by atoms with Crippen LogP contribution in [0, 0.1) is 19.8 Å². The van der Waals surface area contributed by atoms with Crippen LogP contribution in [0.5, 0.6) is 0 Å². The van der Waals surface area contributed by atoms with Crippen molar-refractivity contribution in [1.82, 2.24) is 10.3 Å². The van der Waals surface area contributed by atoms with Crippen LogP contribution in [-0.2, 0) is 17.0 Å². The monoisotopic (exact) mass is 362 g/mol. The molecule has 0 spiro atoms. The first-order valence-corrected chi connectivity index (χ1v) is 10.2. The molecule has 5 heteroatoms. The van der Waals surface area contributed by atoms with Crippen molar-refractivity contribution in [3.05, 3.63) is 46.0 Å². The van der Waals surface area contributed by atoms with E-state index in [4.69, 9.17) is 0 Å². The molecule has 0 aliphatic carbocycles. The molecule has 0 bridgehead atoms. The van der Waals surface area contributed by atoms with Crippen molar-refractivity contribution in [3.63, 3.8) is 0 Å². The third kappa shape index (κ3) is 6.29. The summed E-state index contributed by atoms with van der Waals surface area (Å²) in [5.41, 5.74) is 4.82. The Labute approximate surface area is 153 Å². The topological polar surface area (TPSA) is 42.0 Å². The second-order valence-electron chi connectivity index (χ2n) is 6.53. The summed E-state index contributed by atoms with van der Waals surface area (Å²) in [5.74, 6) is 1.59. The largest absolute Gasteiger partial charge is 0.356 e. The zero-order chi connectivity index (χ0) is 17.5. The van der Waals surface area contributed by atoms with Gasteiger partial charge in [0, 0.05) is 17.7 Å². The molecule has 0 radical (unpaired) electrons. The highest BCUT2D eigenvalue weighted by Gasteiger charge is 2.09. The van der Waals surface area contributed by atoms with Gasteiger partial charge in [-0.3, -0.25) is 4.79 Å². The number of thiazole rings is 1. The first-order valence-electron chi connectivity index (χ1n) is 8.34. The molecule has 1 N–H and O–H groups in total. The summed E-state index contributed by atoms with van der Waals surface area (Å²) in [6.07, 6.45) is 1.39. The van der Waals surface area contributed by atoms with Crippen LogP contribution in [0.25, 0.3) is 0 Å². The van der Waals surface area contributed by atoms with Gasteiger partial charge in [0.25, 0.3) is 0 Å². The number of aromatic nitrogens is 1. The van der Waals surface area contributed by atoms with Gasteiger partial charge in [0.15, 0.2) is 0 Å². The molecule has 24 heavy (non-hydrogen) atoms. The highest BCUT2D eigenvalue weighted by atomic mass is 32.2. The van der Waals surface area contributed by atoms with Crippen molar-refractivity contribution in [1.29, 1.82) is 0 Å². The number of hydrogen-bond donors (Lipinski definition) is 1. The van der Waals surface area contributed by atoms with Crippen molar-refractivity contribution in [3.8, 4) is 0 Å². The molecule has 0 unspecified atom stereocenters. The van der Waals surface area contributed by atoms with Crippen LogP contribution >= 0.6 is 23.1 Å². The molecule has 130 valence electrons. The van der Waals surface area contributed by atoms with Crippen LogP contribution in [0.1, 0.15) is 42.7 Å². The molecule has 1 aromatic carbocycles. The summed E-state index contributed by atoms with van der Waals surface area (Å²) in [4.78, 5) is 16.5. The van der Waals surface area contributed by atoms with E-state index < -0.39 is 0 Å². The second-order valence-corrected chi connectivity index (χ2v) is 8.61. The number of carbonyl (C=O) groups excluding carboxylic acids is 1. The standard InChI is InChI=1S/C19H26N2OS2/c1-13(2)7-8-20-18(22)10-17-12-24-19(21-17)23-11-16-9-14(3)5-6-15(16)4/h5-6,9,12-13H,7-8,10-11H2,1-4H3,(H,20,22). The van der Waals surface area contributed by atoms with E-state index in [-0.39, 0.29) is 5.91 Å². The fourth-order valence-corrected chi connectivity index (χ4v) is 4.17. The van der Waals surface area contributed by atoms with Gasteiger partial charge in [0.2, 0.25) is 5.91 Å². The Hall–Kier alpha value is -1.33. The maximum atomic E-state index is 11.9. The van der Waals surface area contributed by atoms with Gasteiger partial charge in [0.1, 0.15) is 4.34 Å². The number of rotatable bonds is 8.